The van der Waals surface area contributed by atoms with E-state index in [1.54, 1.807) is 4.90 Å². The number of carbonyl (C=O) groups excluding carboxylic acids is 1. The third-order valence-corrected chi connectivity index (χ3v) is 2.71. The fraction of sp³-hybridized carbons (Fsp3) is 0.333. The quantitative estimate of drug-likeness (QED) is 0.731. The average Bonchev–Trinajstić information content (AvgIpc) is 2.54. The summed E-state index contributed by atoms with van der Waals surface area (Å²) < 4.78 is 0. The minimum atomic E-state index is 0.0679. The maximum atomic E-state index is 11.9. The van der Waals surface area contributed by atoms with E-state index in [1.807, 2.05) is 25.1 Å². The molecule has 0 atom stereocenters. The van der Waals surface area contributed by atoms with Crippen molar-refractivity contribution in [1.82, 2.24) is 4.90 Å². The van der Waals surface area contributed by atoms with Crippen LogP contribution in [0.3, 0.4) is 0 Å². The highest BCUT2D eigenvalue weighted by Gasteiger charge is 2.27. The third kappa shape index (κ3) is 1.59. The number of benzene rings is 1. The zero-order chi connectivity index (χ0) is 10.8. The molecule has 1 aromatic carbocycles. The maximum Gasteiger partial charge on any atom is 0.254 e. The normalized spacial score (nSPS) is 13.9. The number of fused-ring (bicyclic) bond motifs is 1. The standard InChI is InChI=1S/C12H12N2O/c1-9-4-2-5-10-8-14(7-3-6-13)12(15)11(9)10/h2,4-5H,3,7-8H2,1H3. The lowest BCUT2D eigenvalue weighted by Gasteiger charge is -2.12. The van der Waals surface area contributed by atoms with Crippen molar-refractivity contribution >= 4 is 5.91 Å². The first-order valence-electron chi connectivity index (χ1n) is 4.98. The van der Waals surface area contributed by atoms with Crippen LogP contribution in [0.4, 0.5) is 0 Å². The Hall–Kier alpha value is -1.82. The Morgan fingerprint density at radius 3 is 3.00 bits per heavy atom. The molecule has 76 valence electrons. The lowest BCUT2D eigenvalue weighted by molar-refractivity contribution is 0.0781. The van der Waals surface area contributed by atoms with E-state index < -0.39 is 0 Å². The number of aryl methyl sites for hydroxylation is 1. The van der Waals surface area contributed by atoms with Gasteiger partial charge < -0.3 is 4.90 Å². The fourth-order valence-corrected chi connectivity index (χ4v) is 1.97. The molecule has 1 aliphatic heterocycles. The predicted molar refractivity (Wildman–Crippen MR) is 56.1 cm³/mol. The van der Waals surface area contributed by atoms with Crippen LogP contribution < -0.4 is 0 Å². The molecule has 0 saturated carbocycles. The second-order valence-electron chi connectivity index (χ2n) is 3.74. The molecule has 0 spiro atoms. The molecule has 1 aliphatic rings. The minimum absolute atomic E-state index is 0.0679. The molecule has 0 saturated heterocycles. The van der Waals surface area contributed by atoms with E-state index in [0.29, 0.717) is 19.5 Å². The maximum absolute atomic E-state index is 11.9. The molecule has 1 heterocycles. The van der Waals surface area contributed by atoms with Crippen LogP contribution in [0.2, 0.25) is 0 Å². The van der Waals surface area contributed by atoms with Gasteiger partial charge in [-0.3, -0.25) is 4.79 Å². The molecule has 15 heavy (non-hydrogen) atoms. The number of carbonyl (C=O) groups is 1. The summed E-state index contributed by atoms with van der Waals surface area (Å²) in [7, 11) is 0. The number of nitriles is 1. The van der Waals surface area contributed by atoms with Crippen molar-refractivity contribution in [2.75, 3.05) is 6.54 Å². The van der Waals surface area contributed by atoms with Crippen LogP contribution >= 0.6 is 0 Å². The second-order valence-corrected chi connectivity index (χ2v) is 3.74. The summed E-state index contributed by atoms with van der Waals surface area (Å²) in [6.45, 7) is 3.13. The molecule has 0 bridgehead atoms. The van der Waals surface area contributed by atoms with Gasteiger partial charge in [0, 0.05) is 18.7 Å². The van der Waals surface area contributed by atoms with Gasteiger partial charge in [0.2, 0.25) is 0 Å². The lowest BCUT2D eigenvalue weighted by Crippen LogP contribution is -2.24. The Morgan fingerprint density at radius 1 is 1.53 bits per heavy atom. The number of hydrogen-bond acceptors (Lipinski definition) is 2. The van der Waals surface area contributed by atoms with E-state index in [-0.39, 0.29) is 5.91 Å². The van der Waals surface area contributed by atoms with E-state index in [4.69, 9.17) is 5.26 Å². The van der Waals surface area contributed by atoms with Gasteiger partial charge in [0.15, 0.2) is 0 Å². The average molecular weight is 200 g/mol. The number of hydrogen-bond donors (Lipinski definition) is 0. The summed E-state index contributed by atoms with van der Waals surface area (Å²) in [6, 6.07) is 7.96. The van der Waals surface area contributed by atoms with Crippen LogP contribution in [-0.2, 0) is 6.54 Å². The van der Waals surface area contributed by atoms with Crippen LogP contribution in [0.5, 0.6) is 0 Å². The zero-order valence-corrected chi connectivity index (χ0v) is 8.66. The highest BCUT2D eigenvalue weighted by atomic mass is 16.2. The van der Waals surface area contributed by atoms with Gasteiger partial charge in [0.25, 0.3) is 5.91 Å². The molecule has 1 aromatic rings. The van der Waals surface area contributed by atoms with Gasteiger partial charge >= 0.3 is 0 Å². The zero-order valence-electron chi connectivity index (χ0n) is 8.66. The van der Waals surface area contributed by atoms with Gasteiger partial charge in [-0.25, -0.2) is 0 Å². The Kier molecular flexibility index (Phi) is 2.42. The summed E-state index contributed by atoms with van der Waals surface area (Å²) in [5.74, 6) is 0.0679. The third-order valence-electron chi connectivity index (χ3n) is 2.71. The number of amides is 1. The van der Waals surface area contributed by atoms with Gasteiger partial charge in [-0.2, -0.15) is 5.26 Å². The van der Waals surface area contributed by atoms with Crippen LogP contribution in [0.25, 0.3) is 0 Å². The van der Waals surface area contributed by atoms with Crippen LogP contribution in [0.1, 0.15) is 27.9 Å². The van der Waals surface area contributed by atoms with Crippen molar-refractivity contribution in [2.24, 2.45) is 0 Å². The summed E-state index contributed by atoms with van der Waals surface area (Å²) in [6.07, 6.45) is 0.402. The van der Waals surface area contributed by atoms with Crippen molar-refractivity contribution in [2.45, 2.75) is 19.9 Å². The van der Waals surface area contributed by atoms with E-state index >= 15 is 0 Å². The summed E-state index contributed by atoms with van der Waals surface area (Å²) >= 11 is 0. The number of rotatable bonds is 2. The Morgan fingerprint density at radius 2 is 2.33 bits per heavy atom. The van der Waals surface area contributed by atoms with Crippen molar-refractivity contribution in [3.8, 4) is 6.07 Å². The van der Waals surface area contributed by atoms with Crippen molar-refractivity contribution in [1.29, 1.82) is 5.26 Å². The largest absolute Gasteiger partial charge is 0.333 e. The highest BCUT2D eigenvalue weighted by molar-refractivity contribution is 5.99. The van der Waals surface area contributed by atoms with Crippen molar-refractivity contribution < 1.29 is 4.79 Å². The smallest absolute Gasteiger partial charge is 0.254 e. The Labute approximate surface area is 88.9 Å². The minimum Gasteiger partial charge on any atom is -0.333 e. The van der Waals surface area contributed by atoms with E-state index in [0.717, 1.165) is 16.7 Å². The molecule has 0 aliphatic carbocycles. The topological polar surface area (TPSA) is 44.1 Å². The first-order chi connectivity index (χ1) is 7.24. The first-order valence-corrected chi connectivity index (χ1v) is 4.98. The molecule has 0 aromatic heterocycles. The first kappa shape index (κ1) is 9.72. The molecule has 0 unspecified atom stereocenters. The molecule has 0 radical (unpaired) electrons. The van der Waals surface area contributed by atoms with Gasteiger partial charge in [-0.15, -0.1) is 0 Å². The SMILES string of the molecule is Cc1cccc2c1C(=O)N(CCC#N)C2. The van der Waals surface area contributed by atoms with Gasteiger partial charge in [0.1, 0.15) is 0 Å². The summed E-state index contributed by atoms with van der Waals surface area (Å²) in [4.78, 5) is 13.7. The fourth-order valence-electron chi connectivity index (χ4n) is 1.97. The summed E-state index contributed by atoms with van der Waals surface area (Å²) in [5, 5.41) is 8.50. The lowest BCUT2D eigenvalue weighted by atomic mass is 10.0. The highest BCUT2D eigenvalue weighted by Crippen LogP contribution is 2.25. The predicted octanol–water partition coefficient (Wildman–Crippen LogP) is 1.86. The Bertz CT molecular complexity index is 445. The number of nitrogens with zero attached hydrogens (tertiary/aromatic N) is 2. The molecule has 0 fully saturated rings. The van der Waals surface area contributed by atoms with Crippen molar-refractivity contribution in [3.05, 3.63) is 34.9 Å². The van der Waals surface area contributed by atoms with E-state index in [1.165, 1.54) is 0 Å². The van der Waals surface area contributed by atoms with Crippen LogP contribution in [0.15, 0.2) is 18.2 Å². The molecule has 1 amide bonds. The molecular formula is C12H12N2O. The van der Waals surface area contributed by atoms with Gasteiger partial charge in [0.05, 0.1) is 12.5 Å². The Balaban J connectivity index is 2.27. The molecule has 0 N–H and O–H groups in total. The van der Waals surface area contributed by atoms with Gasteiger partial charge in [-0.05, 0) is 18.1 Å². The molecular weight excluding hydrogens is 188 g/mol. The second kappa shape index (κ2) is 3.74. The van der Waals surface area contributed by atoms with E-state index in [9.17, 15) is 4.79 Å². The summed E-state index contributed by atoms with van der Waals surface area (Å²) in [5.41, 5.74) is 2.94. The van der Waals surface area contributed by atoms with Crippen molar-refractivity contribution in [3.63, 3.8) is 0 Å². The van der Waals surface area contributed by atoms with E-state index in [2.05, 4.69) is 6.07 Å². The monoisotopic (exact) mass is 200 g/mol. The van der Waals surface area contributed by atoms with Crippen LogP contribution in [0, 0.1) is 18.3 Å². The molecule has 3 nitrogen and oxygen atoms in total. The molecule has 3 heteroatoms. The van der Waals surface area contributed by atoms with Gasteiger partial charge in [-0.1, -0.05) is 18.2 Å². The molecule has 2 rings (SSSR count). The van der Waals surface area contributed by atoms with Crippen LogP contribution in [-0.4, -0.2) is 17.4 Å².